The van der Waals surface area contributed by atoms with Crippen molar-refractivity contribution in [3.63, 3.8) is 0 Å². The van der Waals surface area contributed by atoms with Crippen molar-refractivity contribution in [2.45, 2.75) is 71.8 Å². The van der Waals surface area contributed by atoms with E-state index in [1.165, 1.54) is 24.8 Å². The summed E-state index contributed by atoms with van der Waals surface area (Å²) in [5.41, 5.74) is 1.03. The van der Waals surface area contributed by atoms with E-state index in [0.717, 1.165) is 19.3 Å². The zero-order valence-electron chi connectivity index (χ0n) is 11.4. The minimum Gasteiger partial charge on any atom is -0.390 e. The van der Waals surface area contributed by atoms with Crippen LogP contribution in [0.4, 0.5) is 0 Å². The molecule has 0 bridgehead atoms. The van der Waals surface area contributed by atoms with Crippen LogP contribution in [0, 0.1) is 11.8 Å². The van der Waals surface area contributed by atoms with Gasteiger partial charge < -0.3 is 5.11 Å². The van der Waals surface area contributed by atoms with Crippen LogP contribution in [0.2, 0.25) is 0 Å². The summed E-state index contributed by atoms with van der Waals surface area (Å²) in [4.78, 5) is 0. The van der Waals surface area contributed by atoms with Crippen LogP contribution in [0.25, 0.3) is 0 Å². The Labute approximate surface area is 101 Å². The van der Waals surface area contributed by atoms with Crippen molar-refractivity contribution >= 4 is 0 Å². The highest BCUT2D eigenvalue weighted by molar-refractivity contribution is 5.05. The molecule has 0 aliphatic heterocycles. The van der Waals surface area contributed by atoms with Crippen LogP contribution in [0.15, 0.2) is 11.6 Å². The van der Waals surface area contributed by atoms with Crippen molar-refractivity contribution in [2.24, 2.45) is 11.8 Å². The van der Waals surface area contributed by atoms with Crippen LogP contribution in [0.3, 0.4) is 0 Å². The molecule has 0 spiro atoms. The molecule has 0 amide bonds. The molecule has 0 radical (unpaired) electrons. The second-order valence-electron chi connectivity index (χ2n) is 5.77. The maximum atomic E-state index is 10.6. The summed E-state index contributed by atoms with van der Waals surface area (Å²) in [5.74, 6) is 1.15. The van der Waals surface area contributed by atoms with Gasteiger partial charge in [-0.05, 0) is 51.4 Å². The molecule has 2 atom stereocenters. The van der Waals surface area contributed by atoms with Crippen LogP contribution in [-0.2, 0) is 0 Å². The minimum atomic E-state index is -0.464. The summed E-state index contributed by atoms with van der Waals surface area (Å²) < 4.78 is 0. The maximum Gasteiger partial charge on any atom is 0.0653 e. The van der Waals surface area contributed by atoms with Crippen LogP contribution < -0.4 is 0 Å². The SMILES string of the molecule is CCC(CC)CC(C)(O)C1CC=C(C)CC1. The molecule has 1 N–H and O–H groups in total. The Morgan fingerprint density at radius 3 is 2.50 bits per heavy atom. The molecular weight excluding hydrogens is 196 g/mol. The van der Waals surface area contributed by atoms with Crippen LogP contribution in [-0.4, -0.2) is 10.7 Å². The van der Waals surface area contributed by atoms with Gasteiger partial charge in [-0.1, -0.05) is 38.3 Å². The largest absolute Gasteiger partial charge is 0.390 e. The highest BCUT2D eigenvalue weighted by Crippen LogP contribution is 2.36. The normalized spacial score (nSPS) is 25.4. The summed E-state index contributed by atoms with van der Waals surface area (Å²) in [5, 5.41) is 10.6. The van der Waals surface area contributed by atoms with E-state index in [1.807, 2.05) is 6.92 Å². The smallest absolute Gasteiger partial charge is 0.0653 e. The lowest BCUT2D eigenvalue weighted by molar-refractivity contribution is -0.0272. The highest BCUT2D eigenvalue weighted by atomic mass is 16.3. The van der Waals surface area contributed by atoms with Crippen molar-refractivity contribution in [1.82, 2.24) is 0 Å². The first-order valence-corrected chi connectivity index (χ1v) is 6.87. The first-order valence-electron chi connectivity index (χ1n) is 6.87. The molecule has 94 valence electrons. The second-order valence-corrected chi connectivity index (χ2v) is 5.77. The Kier molecular flexibility index (Phi) is 5.04. The number of hydrogen-bond acceptors (Lipinski definition) is 1. The topological polar surface area (TPSA) is 20.2 Å². The zero-order valence-corrected chi connectivity index (χ0v) is 11.4. The monoisotopic (exact) mass is 224 g/mol. The second kappa shape index (κ2) is 5.86. The predicted octanol–water partition coefficient (Wildman–Crippen LogP) is 4.31. The van der Waals surface area contributed by atoms with Gasteiger partial charge in [0.05, 0.1) is 5.60 Å². The number of aliphatic hydroxyl groups is 1. The van der Waals surface area contributed by atoms with Gasteiger partial charge in [-0.15, -0.1) is 0 Å². The Hall–Kier alpha value is -0.300. The van der Waals surface area contributed by atoms with Crippen molar-refractivity contribution < 1.29 is 5.11 Å². The third-order valence-corrected chi connectivity index (χ3v) is 4.37. The third kappa shape index (κ3) is 3.62. The highest BCUT2D eigenvalue weighted by Gasteiger charge is 2.33. The van der Waals surface area contributed by atoms with Gasteiger partial charge in [0.15, 0.2) is 0 Å². The molecule has 0 aromatic rings. The first-order chi connectivity index (χ1) is 7.49. The molecule has 0 saturated carbocycles. The summed E-state index contributed by atoms with van der Waals surface area (Å²) in [6.07, 6.45) is 9.06. The van der Waals surface area contributed by atoms with Crippen LogP contribution in [0.1, 0.15) is 66.2 Å². The summed E-state index contributed by atoms with van der Waals surface area (Å²) in [6.45, 7) is 8.71. The van der Waals surface area contributed by atoms with E-state index < -0.39 is 5.60 Å². The van der Waals surface area contributed by atoms with E-state index in [1.54, 1.807) is 0 Å². The van der Waals surface area contributed by atoms with E-state index in [0.29, 0.717) is 11.8 Å². The molecule has 1 aliphatic carbocycles. The molecule has 1 nitrogen and oxygen atoms in total. The Morgan fingerprint density at radius 1 is 1.44 bits per heavy atom. The fourth-order valence-corrected chi connectivity index (χ4v) is 2.86. The molecule has 16 heavy (non-hydrogen) atoms. The molecule has 0 aromatic heterocycles. The van der Waals surface area contributed by atoms with Gasteiger partial charge >= 0.3 is 0 Å². The molecule has 0 aromatic carbocycles. The zero-order chi connectivity index (χ0) is 12.2. The fraction of sp³-hybridized carbons (Fsp3) is 0.867. The van der Waals surface area contributed by atoms with Crippen molar-refractivity contribution in [3.8, 4) is 0 Å². The van der Waals surface area contributed by atoms with Crippen molar-refractivity contribution in [2.75, 3.05) is 0 Å². The van der Waals surface area contributed by atoms with Crippen molar-refractivity contribution in [1.29, 1.82) is 0 Å². The third-order valence-electron chi connectivity index (χ3n) is 4.37. The van der Waals surface area contributed by atoms with Gasteiger partial charge in [-0.3, -0.25) is 0 Å². The molecule has 1 rings (SSSR count). The molecule has 1 aliphatic rings. The number of hydrogen-bond donors (Lipinski definition) is 1. The fourth-order valence-electron chi connectivity index (χ4n) is 2.86. The molecule has 2 unspecified atom stereocenters. The van der Waals surface area contributed by atoms with Gasteiger partial charge in [0.1, 0.15) is 0 Å². The van der Waals surface area contributed by atoms with E-state index >= 15 is 0 Å². The van der Waals surface area contributed by atoms with E-state index in [-0.39, 0.29) is 0 Å². The lowest BCUT2D eigenvalue weighted by Gasteiger charge is -2.37. The Balaban J connectivity index is 2.56. The Morgan fingerprint density at radius 2 is 2.06 bits per heavy atom. The van der Waals surface area contributed by atoms with Crippen LogP contribution in [0.5, 0.6) is 0 Å². The molecule has 0 fully saturated rings. The van der Waals surface area contributed by atoms with E-state index in [4.69, 9.17) is 0 Å². The lowest BCUT2D eigenvalue weighted by atomic mass is 9.74. The quantitative estimate of drug-likeness (QED) is 0.690. The molecule has 0 saturated heterocycles. The summed E-state index contributed by atoms with van der Waals surface area (Å²) >= 11 is 0. The first kappa shape index (κ1) is 13.8. The summed E-state index contributed by atoms with van der Waals surface area (Å²) in [7, 11) is 0. The Bertz CT molecular complexity index is 236. The van der Waals surface area contributed by atoms with Crippen LogP contribution >= 0.6 is 0 Å². The average Bonchev–Trinajstić information content (AvgIpc) is 2.26. The van der Waals surface area contributed by atoms with Gasteiger partial charge in [0, 0.05) is 0 Å². The standard InChI is InChI=1S/C15H28O/c1-5-13(6-2)11-15(4,16)14-9-7-12(3)8-10-14/h7,13-14,16H,5-6,8-11H2,1-4H3. The van der Waals surface area contributed by atoms with Crippen molar-refractivity contribution in [3.05, 3.63) is 11.6 Å². The maximum absolute atomic E-state index is 10.6. The van der Waals surface area contributed by atoms with Gasteiger partial charge in [0.25, 0.3) is 0 Å². The van der Waals surface area contributed by atoms with Gasteiger partial charge in [-0.25, -0.2) is 0 Å². The molecule has 1 heteroatoms. The number of rotatable bonds is 5. The lowest BCUT2D eigenvalue weighted by Crippen LogP contribution is -2.37. The number of allylic oxidation sites excluding steroid dienone is 2. The van der Waals surface area contributed by atoms with E-state index in [2.05, 4.69) is 26.8 Å². The predicted molar refractivity (Wildman–Crippen MR) is 70.4 cm³/mol. The van der Waals surface area contributed by atoms with E-state index in [9.17, 15) is 5.11 Å². The van der Waals surface area contributed by atoms with Gasteiger partial charge in [-0.2, -0.15) is 0 Å². The molecular formula is C15H28O. The minimum absolute atomic E-state index is 0.464. The van der Waals surface area contributed by atoms with Gasteiger partial charge in [0.2, 0.25) is 0 Å². The molecule has 0 heterocycles. The summed E-state index contributed by atoms with van der Waals surface area (Å²) in [6, 6.07) is 0. The average molecular weight is 224 g/mol.